The number of rotatable bonds is 4. The number of nitrogens with one attached hydrogen (secondary N) is 1. The molecule has 0 bridgehead atoms. The van der Waals surface area contributed by atoms with Crippen LogP contribution in [0.15, 0.2) is 22.7 Å². The second kappa shape index (κ2) is 6.95. The summed E-state index contributed by atoms with van der Waals surface area (Å²) >= 11 is 11.6. The number of halogens is 3. The summed E-state index contributed by atoms with van der Waals surface area (Å²) in [5, 5.41) is 2.81. The van der Waals surface area contributed by atoms with Gasteiger partial charge in [-0.2, -0.15) is 0 Å². The maximum absolute atomic E-state index is 11.9. The van der Waals surface area contributed by atoms with Gasteiger partial charge in [-0.25, -0.2) is 0 Å². The largest absolute Gasteiger partial charge is 0.351 e. The number of alkyl halides is 1. The Hall–Kier alpha value is 0.190. The summed E-state index contributed by atoms with van der Waals surface area (Å²) in [5.74, 6) is 0.264. The van der Waals surface area contributed by atoms with Crippen LogP contribution in [-0.2, 0) is 0 Å². The van der Waals surface area contributed by atoms with Crippen molar-refractivity contribution in [1.82, 2.24) is 5.32 Å². The molecule has 0 saturated carbocycles. The molecule has 0 heterocycles. The molecule has 2 nitrogen and oxygen atoms in total. The fourth-order valence-electron chi connectivity index (χ4n) is 1.19. The Kier molecular flexibility index (Phi) is 6.23. The Morgan fingerprint density at radius 1 is 1.53 bits per heavy atom. The van der Waals surface area contributed by atoms with Gasteiger partial charge in [-0.3, -0.25) is 4.79 Å². The quantitative estimate of drug-likeness (QED) is 0.567. The maximum Gasteiger partial charge on any atom is 0.252 e. The first-order valence-electron chi connectivity index (χ1n) is 5.29. The van der Waals surface area contributed by atoms with Crippen molar-refractivity contribution in [2.45, 2.75) is 19.2 Å². The second-order valence-electron chi connectivity index (χ2n) is 4.09. The summed E-state index contributed by atoms with van der Waals surface area (Å²) in [7, 11) is 0. The molecule has 0 saturated heterocycles. The van der Waals surface area contributed by atoms with Crippen LogP contribution in [0, 0.1) is 9.49 Å². The van der Waals surface area contributed by atoms with Crippen LogP contribution in [0.4, 0.5) is 0 Å². The summed E-state index contributed by atoms with van der Waals surface area (Å²) < 4.78 is 1.83. The molecule has 1 atom stereocenters. The molecular formula is C12H14BrClINO. The highest BCUT2D eigenvalue weighted by molar-refractivity contribution is 14.1. The lowest BCUT2D eigenvalue weighted by Gasteiger charge is -2.14. The number of carbonyl (C=O) groups excluding carboxylic acids is 1. The van der Waals surface area contributed by atoms with Gasteiger partial charge >= 0.3 is 0 Å². The fraction of sp³-hybridized carbons (Fsp3) is 0.417. The molecule has 1 amide bonds. The van der Waals surface area contributed by atoms with Crippen LogP contribution in [0.3, 0.4) is 0 Å². The third-order valence-corrected chi connectivity index (χ3v) is 4.45. The van der Waals surface area contributed by atoms with Gasteiger partial charge in [-0.05, 0) is 46.7 Å². The molecule has 5 heteroatoms. The van der Waals surface area contributed by atoms with Gasteiger partial charge in [-0.15, -0.1) is 11.6 Å². The van der Waals surface area contributed by atoms with Crippen molar-refractivity contribution in [2.24, 2.45) is 5.92 Å². The van der Waals surface area contributed by atoms with E-state index in [-0.39, 0.29) is 11.3 Å². The summed E-state index contributed by atoms with van der Waals surface area (Å²) in [4.78, 5) is 11.9. The van der Waals surface area contributed by atoms with Crippen molar-refractivity contribution in [3.63, 3.8) is 0 Å². The molecular weight excluding hydrogens is 416 g/mol. The van der Waals surface area contributed by atoms with E-state index in [2.05, 4.69) is 43.8 Å². The van der Waals surface area contributed by atoms with Crippen LogP contribution < -0.4 is 5.32 Å². The van der Waals surface area contributed by atoms with Crippen molar-refractivity contribution >= 4 is 56.0 Å². The Morgan fingerprint density at radius 2 is 2.18 bits per heavy atom. The van der Waals surface area contributed by atoms with E-state index in [4.69, 9.17) is 11.6 Å². The highest BCUT2D eigenvalue weighted by Gasteiger charge is 2.14. The average Bonchev–Trinajstić information content (AvgIpc) is 2.28. The van der Waals surface area contributed by atoms with Crippen molar-refractivity contribution in [3.05, 3.63) is 31.8 Å². The normalized spacial score (nSPS) is 12.6. The molecule has 0 aliphatic rings. The standard InChI is InChI=1S/C12H14BrClINO/c1-7(2)10(14)6-16-12(17)9-5-8(13)3-4-11(9)15/h3-5,7,10H,6H2,1-2H3,(H,16,17). The highest BCUT2D eigenvalue weighted by Crippen LogP contribution is 2.18. The predicted octanol–water partition coefficient (Wildman–Crippen LogP) is 4.05. The first-order valence-corrected chi connectivity index (χ1v) is 7.60. The van der Waals surface area contributed by atoms with E-state index in [0.717, 1.165) is 8.04 Å². The first kappa shape index (κ1) is 15.2. The maximum atomic E-state index is 11.9. The van der Waals surface area contributed by atoms with E-state index in [9.17, 15) is 4.79 Å². The van der Waals surface area contributed by atoms with Gasteiger partial charge < -0.3 is 5.32 Å². The van der Waals surface area contributed by atoms with Crippen LogP contribution in [0.5, 0.6) is 0 Å². The molecule has 1 aromatic rings. The minimum atomic E-state index is -0.0815. The van der Waals surface area contributed by atoms with Crippen LogP contribution >= 0.6 is 50.1 Å². The SMILES string of the molecule is CC(C)C(Cl)CNC(=O)c1cc(Br)ccc1I. The van der Waals surface area contributed by atoms with Crippen LogP contribution in [0.25, 0.3) is 0 Å². The van der Waals surface area contributed by atoms with Crippen molar-refractivity contribution in [3.8, 4) is 0 Å². The van der Waals surface area contributed by atoms with E-state index in [0.29, 0.717) is 18.0 Å². The van der Waals surface area contributed by atoms with Gasteiger partial charge in [0.05, 0.1) is 10.9 Å². The predicted molar refractivity (Wildman–Crippen MR) is 83.7 cm³/mol. The van der Waals surface area contributed by atoms with Crippen molar-refractivity contribution in [1.29, 1.82) is 0 Å². The molecule has 0 aliphatic heterocycles. The summed E-state index contributed by atoms with van der Waals surface area (Å²) in [6.45, 7) is 4.56. The number of hydrogen-bond donors (Lipinski definition) is 1. The zero-order valence-electron chi connectivity index (χ0n) is 9.64. The van der Waals surface area contributed by atoms with E-state index in [1.54, 1.807) is 0 Å². The average molecular weight is 431 g/mol. The molecule has 1 N–H and O–H groups in total. The van der Waals surface area contributed by atoms with E-state index in [1.807, 2.05) is 32.0 Å². The molecule has 0 fully saturated rings. The van der Waals surface area contributed by atoms with Gasteiger partial charge in [0.1, 0.15) is 0 Å². The second-order valence-corrected chi connectivity index (χ2v) is 6.73. The van der Waals surface area contributed by atoms with Crippen molar-refractivity contribution in [2.75, 3.05) is 6.54 Å². The number of carbonyl (C=O) groups is 1. The molecule has 1 unspecified atom stereocenters. The lowest BCUT2D eigenvalue weighted by Crippen LogP contribution is -2.32. The molecule has 0 spiro atoms. The van der Waals surface area contributed by atoms with Gasteiger partial charge in [0, 0.05) is 14.6 Å². The summed E-state index contributed by atoms with van der Waals surface area (Å²) in [5.41, 5.74) is 0.674. The Balaban J connectivity index is 2.67. The van der Waals surface area contributed by atoms with Gasteiger partial charge in [0.2, 0.25) is 0 Å². The van der Waals surface area contributed by atoms with Crippen LogP contribution in [0.2, 0.25) is 0 Å². The van der Waals surface area contributed by atoms with Crippen molar-refractivity contribution < 1.29 is 4.79 Å². The zero-order chi connectivity index (χ0) is 13.0. The van der Waals surface area contributed by atoms with Gasteiger partial charge in [0.15, 0.2) is 0 Å². The lowest BCUT2D eigenvalue weighted by atomic mass is 10.1. The molecule has 17 heavy (non-hydrogen) atoms. The topological polar surface area (TPSA) is 29.1 Å². The minimum Gasteiger partial charge on any atom is -0.351 e. The number of amides is 1. The van der Waals surface area contributed by atoms with E-state index < -0.39 is 0 Å². The molecule has 1 rings (SSSR count). The third-order valence-electron chi connectivity index (χ3n) is 2.35. The minimum absolute atomic E-state index is 0.0382. The molecule has 0 radical (unpaired) electrons. The third kappa shape index (κ3) is 4.75. The smallest absolute Gasteiger partial charge is 0.252 e. The van der Waals surface area contributed by atoms with Crippen LogP contribution in [-0.4, -0.2) is 17.8 Å². The monoisotopic (exact) mass is 429 g/mol. The van der Waals surface area contributed by atoms with E-state index >= 15 is 0 Å². The summed E-state index contributed by atoms with van der Waals surface area (Å²) in [6, 6.07) is 5.63. The zero-order valence-corrected chi connectivity index (χ0v) is 14.1. The molecule has 1 aromatic carbocycles. The van der Waals surface area contributed by atoms with Gasteiger partial charge in [-0.1, -0.05) is 29.8 Å². The molecule has 0 aliphatic carbocycles. The first-order chi connectivity index (χ1) is 7.91. The number of benzene rings is 1. The Labute approximate surface area is 129 Å². The molecule has 0 aromatic heterocycles. The Morgan fingerprint density at radius 3 is 2.76 bits per heavy atom. The lowest BCUT2D eigenvalue weighted by molar-refractivity contribution is 0.0951. The van der Waals surface area contributed by atoms with Gasteiger partial charge in [0.25, 0.3) is 5.91 Å². The number of hydrogen-bond acceptors (Lipinski definition) is 1. The Bertz CT molecular complexity index is 411. The highest BCUT2D eigenvalue weighted by atomic mass is 127. The van der Waals surface area contributed by atoms with Crippen LogP contribution in [0.1, 0.15) is 24.2 Å². The summed E-state index contributed by atoms with van der Waals surface area (Å²) in [6.07, 6.45) is 0. The molecule has 94 valence electrons. The van der Waals surface area contributed by atoms with E-state index in [1.165, 1.54) is 0 Å². The fourth-order valence-corrected chi connectivity index (χ4v) is 2.21.